The minimum atomic E-state index is -0.372. The summed E-state index contributed by atoms with van der Waals surface area (Å²) in [7, 11) is 0. The Hall–Kier alpha value is -2.77. The highest BCUT2D eigenvalue weighted by atomic mass is 32.2. The van der Waals surface area contributed by atoms with Gasteiger partial charge in [0.15, 0.2) is 10.9 Å². The lowest BCUT2D eigenvalue weighted by molar-refractivity contribution is 0.102. The molecule has 0 fully saturated rings. The largest absolute Gasteiger partial charge is 0.293 e. The molecule has 0 amide bonds. The molecule has 0 saturated carbocycles. The van der Waals surface area contributed by atoms with Gasteiger partial charge in [0.1, 0.15) is 10.6 Å². The first-order valence-corrected chi connectivity index (χ1v) is 12.9. The summed E-state index contributed by atoms with van der Waals surface area (Å²) in [4.78, 5) is 33.2. The summed E-state index contributed by atoms with van der Waals surface area (Å²) >= 11 is 2.90. The van der Waals surface area contributed by atoms with Crippen LogP contribution in [-0.2, 0) is 25.8 Å². The Morgan fingerprint density at radius 2 is 1.82 bits per heavy atom. The Bertz CT molecular complexity index is 1360. The van der Waals surface area contributed by atoms with Gasteiger partial charge in [-0.25, -0.2) is 9.37 Å². The molecule has 4 aromatic rings. The summed E-state index contributed by atoms with van der Waals surface area (Å²) in [6.07, 6.45) is 4.90. The number of hydrogen-bond acceptors (Lipinski definition) is 5. The quantitative estimate of drug-likeness (QED) is 0.194. The van der Waals surface area contributed by atoms with E-state index in [4.69, 9.17) is 4.98 Å². The third-order valence-electron chi connectivity index (χ3n) is 6.01. The van der Waals surface area contributed by atoms with E-state index in [1.165, 1.54) is 46.5 Å². The summed E-state index contributed by atoms with van der Waals surface area (Å²) < 4.78 is 14.9. The van der Waals surface area contributed by atoms with Crippen molar-refractivity contribution in [2.75, 3.05) is 5.75 Å². The highest BCUT2D eigenvalue weighted by Gasteiger charge is 2.22. The average molecular weight is 479 g/mol. The van der Waals surface area contributed by atoms with Crippen molar-refractivity contribution in [3.05, 3.63) is 92.3 Å². The summed E-state index contributed by atoms with van der Waals surface area (Å²) in [5.74, 6) is -0.350. The Morgan fingerprint density at radius 1 is 1.06 bits per heavy atom. The van der Waals surface area contributed by atoms with Crippen molar-refractivity contribution in [1.29, 1.82) is 0 Å². The third-order valence-corrected chi connectivity index (χ3v) is 8.17. The summed E-state index contributed by atoms with van der Waals surface area (Å²) in [6, 6.07) is 15.6. The van der Waals surface area contributed by atoms with Crippen LogP contribution in [0.2, 0.25) is 0 Å². The van der Waals surface area contributed by atoms with Gasteiger partial charge in [-0.05, 0) is 67.5 Å². The second kappa shape index (κ2) is 9.61. The number of carbonyl (C=O) groups is 1. The predicted molar refractivity (Wildman–Crippen MR) is 132 cm³/mol. The number of carbonyl (C=O) groups excluding carboxylic acids is 1. The molecule has 5 rings (SSSR count). The molecule has 0 N–H and O–H groups in total. The molecule has 0 atom stereocenters. The zero-order valence-electron chi connectivity index (χ0n) is 18.1. The molecule has 0 radical (unpaired) electrons. The zero-order chi connectivity index (χ0) is 22.8. The molecule has 4 nitrogen and oxygen atoms in total. The molecular weight excluding hydrogens is 455 g/mol. The van der Waals surface area contributed by atoms with E-state index >= 15 is 0 Å². The number of aromatic nitrogens is 2. The topological polar surface area (TPSA) is 52.0 Å². The fourth-order valence-electron chi connectivity index (χ4n) is 4.26. The summed E-state index contributed by atoms with van der Waals surface area (Å²) in [5.41, 5.74) is 2.77. The van der Waals surface area contributed by atoms with Gasteiger partial charge in [-0.1, -0.05) is 42.1 Å². The summed E-state index contributed by atoms with van der Waals surface area (Å²) in [6.45, 7) is 0.503. The lowest BCUT2D eigenvalue weighted by atomic mass is 9.97. The molecule has 1 aliphatic carbocycles. The second-order valence-electron chi connectivity index (χ2n) is 8.20. The smallest absolute Gasteiger partial charge is 0.263 e. The fraction of sp³-hybridized carbons (Fsp3) is 0.269. The van der Waals surface area contributed by atoms with Crippen molar-refractivity contribution in [3.63, 3.8) is 0 Å². The molecule has 0 aliphatic heterocycles. The van der Waals surface area contributed by atoms with Gasteiger partial charge in [-0.15, -0.1) is 11.3 Å². The van der Waals surface area contributed by atoms with Crippen LogP contribution in [0.15, 0.2) is 64.5 Å². The molecular formula is C26H23FN2O2S2. The lowest BCUT2D eigenvalue weighted by Crippen LogP contribution is -2.25. The molecule has 7 heteroatoms. The van der Waals surface area contributed by atoms with E-state index in [0.717, 1.165) is 41.5 Å². The number of Topliss-reactive ketones (excluding diaryl/α,β-unsaturated/α-hetero) is 1. The van der Waals surface area contributed by atoms with Crippen molar-refractivity contribution in [2.45, 2.75) is 43.8 Å². The number of benzene rings is 2. The van der Waals surface area contributed by atoms with Gasteiger partial charge in [0, 0.05) is 17.0 Å². The Balaban J connectivity index is 1.49. The summed E-state index contributed by atoms with van der Waals surface area (Å²) in [5, 5.41) is 1.33. The van der Waals surface area contributed by atoms with Gasteiger partial charge in [0.2, 0.25) is 0 Å². The molecule has 2 aromatic heterocycles. The lowest BCUT2D eigenvalue weighted by Gasteiger charge is -2.13. The number of fused-ring (bicyclic) bond motifs is 3. The monoisotopic (exact) mass is 478 g/mol. The maximum atomic E-state index is 13.6. The highest BCUT2D eigenvalue weighted by Crippen LogP contribution is 2.34. The van der Waals surface area contributed by atoms with Crippen LogP contribution in [0.5, 0.6) is 0 Å². The van der Waals surface area contributed by atoms with Crippen molar-refractivity contribution in [3.8, 4) is 0 Å². The third kappa shape index (κ3) is 4.66. The number of aryl methyl sites for hydroxylation is 3. The number of thiophene rings is 1. The molecule has 33 heavy (non-hydrogen) atoms. The van der Waals surface area contributed by atoms with E-state index in [0.29, 0.717) is 23.7 Å². The Labute approximate surface area is 199 Å². The van der Waals surface area contributed by atoms with Crippen LogP contribution >= 0.6 is 23.1 Å². The van der Waals surface area contributed by atoms with Crippen LogP contribution in [0, 0.1) is 5.82 Å². The molecule has 2 heterocycles. The number of thioether (sulfide) groups is 1. The van der Waals surface area contributed by atoms with Crippen LogP contribution in [-0.4, -0.2) is 21.1 Å². The normalized spacial score (nSPS) is 13.2. The fourth-order valence-corrected chi connectivity index (χ4v) is 6.48. The predicted octanol–water partition coefficient (Wildman–Crippen LogP) is 5.69. The van der Waals surface area contributed by atoms with Crippen molar-refractivity contribution < 1.29 is 9.18 Å². The number of ketones is 1. The van der Waals surface area contributed by atoms with Crippen LogP contribution in [0.25, 0.3) is 10.2 Å². The molecule has 0 bridgehead atoms. The molecule has 168 valence electrons. The van der Waals surface area contributed by atoms with Gasteiger partial charge < -0.3 is 0 Å². The van der Waals surface area contributed by atoms with Crippen LogP contribution in [0.4, 0.5) is 4.39 Å². The number of halogens is 1. The molecule has 0 saturated heterocycles. The molecule has 0 spiro atoms. The van der Waals surface area contributed by atoms with E-state index in [1.807, 2.05) is 30.3 Å². The number of rotatable bonds is 7. The maximum absolute atomic E-state index is 13.6. The maximum Gasteiger partial charge on any atom is 0.263 e. The van der Waals surface area contributed by atoms with Crippen LogP contribution < -0.4 is 5.56 Å². The first-order chi connectivity index (χ1) is 16.1. The second-order valence-corrected chi connectivity index (χ2v) is 10.2. The molecule has 0 unspecified atom stereocenters. The van der Waals surface area contributed by atoms with E-state index < -0.39 is 0 Å². The zero-order valence-corrected chi connectivity index (χ0v) is 19.7. The van der Waals surface area contributed by atoms with Gasteiger partial charge in [0.05, 0.1) is 11.1 Å². The van der Waals surface area contributed by atoms with Gasteiger partial charge in [-0.3, -0.25) is 14.2 Å². The van der Waals surface area contributed by atoms with Crippen LogP contribution in [0.3, 0.4) is 0 Å². The first-order valence-electron chi connectivity index (χ1n) is 11.1. The van der Waals surface area contributed by atoms with Crippen molar-refractivity contribution in [1.82, 2.24) is 9.55 Å². The first kappa shape index (κ1) is 22.0. The van der Waals surface area contributed by atoms with Gasteiger partial charge in [0.25, 0.3) is 5.56 Å². The van der Waals surface area contributed by atoms with E-state index in [9.17, 15) is 14.0 Å². The average Bonchev–Trinajstić information content (AvgIpc) is 3.22. The Kier molecular flexibility index (Phi) is 6.42. The van der Waals surface area contributed by atoms with E-state index in [2.05, 4.69) is 0 Å². The SMILES string of the molecule is O=C(CSc1nc2sc3c(c2c(=O)n1CCc1ccccc1)CCCC3)c1ccc(F)cc1. The van der Waals surface area contributed by atoms with Crippen LogP contribution in [0.1, 0.15) is 39.2 Å². The number of hydrogen-bond donors (Lipinski definition) is 0. The van der Waals surface area contributed by atoms with Gasteiger partial charge in [-0.2, -0.15) is 0 Å². The van der Waals surface area contributed by atoms with Crippen molar-refractivity contribution in [2.24, 2.45) is 0 Å². The highest BCUT2D eigenvalue weighted by molar-refractivity contribution is 7.99. The molecule has 1 aliphatic rings. The van der Waals surface area contributed by atoms with Gasteiger partial charge >= 0.3 is 0 Å². The minimum absolute atomic E-state index is 0.00735. The standard InChI is InChI=1S/C26H23FN2O2S2/c27-19-12-10-18(11-13-19)21(30)16-32-26-28-24-23(20-8-4-5-9-22(20)33-24)25(31)29(26)15-14-17-6-2-1-3-7-17/h1-3,6-7,10-13H,4-5,8-9,14-16H2. The van der Waals surface area contributed by atoms with E-state index in [1.54, 1.807) is 15.9 Å². The molecule has 2 aromatic carbocycles. The minimum Gasteiger partial charge on any atom is -0.293 e. The van der Waals surface area contributed by atoms with Crippen molar-refractivity contribution >= 4 is 39.1 Å². The number of nitrogens with zero attached hydrogens (tertiary/aromatic N) is 2. The Morgan fingerprint density at radius 3 is 2.61 bits per heavy atom. The van der Waals surface area contributed by atoms with E-state index in [-0.39, 0.29) is 22.9 Å².